The van der Waals surface area contributed by atoms with Crippen LogP contribution in [0.5, 0.6) is 0 Å². The summed E-state index contributed by atoms with van der Waals surface area (Å²) in [6.07, 6.45) is 0. The monoisotopic (exact) mass is 279 g/mol. The first-order valence-corrected chi connectivity index (χ1v) is 6.48. The van der Waals surface area contributed by atoms with Gasteiger partial charge in [-0.25, -0.2) is 9.59 Å². The zero-order chi connectivity index (χ0) is 15.3. The average molecular weight is 279 g/mol. The molecule has 0 aliphatic carbocycles. The molecule has 0 saturated heterocycles. The molecule has 0 spiro atoms. The first kappa shape index (κ1) is 15.9. The van der Waals surface area contributed by atoms with Crippen molar-refractivity contribution in [1.29, 1.82) is 0 Å². The van der Waals surface area contributed by atoms with Crippen LogP contribution in [0, 0.1) is 12.8 Å². The van der Waals surface area contributed by atoms with Crippen LogP contribution in [-0.4, -0.2) is 40.1 Å². The lowest BCUT2D eigenvalue weighted by atomic mass is 10.1. The van der Waals surface area contributed by atoms with Crippen molar-refractivity contribution >= 4 is 12.0 Å². The van der Waals surface area contributed by atoms with E-state index in [1.807, 2.05) is 25.1 Å². The topological polar surface area (TPSA) is 82.5 Å². The van der Waals surface area contributed by atoms with E-state index in [9.17, 15) is 9.59 Å². The van der Waals surface area contributed by atoms with E-state index >= 15 is 0 Å². The van der Waals surface area contributed by atoms with Crippen LogP contribution in [0.1, 0.15) is 25.2 Å². The number of nitrogens with zero attached hydrogens (tertiary/aromatic N) is 2. The summed E-state index contributed by atoms with van der Waals surface area (Å²) >= 11 is 0. The van der Waals surface area contributed by atoms with Crippen molar-refractivity contribution in [2.24, 2.45) is 5.92 Å². The smallest absolute Gasteiger partial charge is 0.326 e. The molecule has 20 heavy (non-hydrogen) atoms. The highest BCUT2D eigenvalue weighted by Crippen LogP contribution is 2.05. The van der Waals surface area contributed by atoms with Gasteiger partial charge in [0.05, 0.1) is 12.2 Å². The Balaban J connectivity index is 2.65. The quantitative estimate of drug-likeness (QED) is 0.858. The minimum Gasteiger partial charge on any atom is -0.480 e. The van der Waals surface area contributed by atoms with Gasteiger partial charge in [0.15, 0.2) is 0 Å². The van der Waals surface area contributed by atoms with Crippen molar-refractivity contribution in [2.45, 2.75) is 33.4 Å². The van der Waals surface area contributed by atoms with Crippen LogP contribution < -0.4 is 5.32 Å². The number of pyridine rings is 1. The van der Waals surface area contributed by atoms with E-state index in [4.69, 9.17) is 5.11 Å². The van der Waals surface area contributed by atoms with E-state index in [2.05, 4.69) is 10.3 Å². The molecule has 6 nitrogen and oxygen atoms in total. The second-order valence-electron chi connectivity index (χ2n) is 5.14. The standard InChI is InChI=1S/C14H21N3O3/c1-9(2)12(13(18)19)16-14(20)17(4)8-11-7-5-6-10(3)15-11/h5-7,9,12H,8H2,1-4H3,(H,16,20)(H,18,19)/t12-/m0/s1. The van der Waals surface area contributed by atoms with Crippen LogP contribution in [0.25, 0.3) is 0 Å². The van der Waals surface area contributed by atoms with Gasteiger partial charge in [-0.05, 0) is 25.0 Å². The van der Waals surface area contributed by atoms with Gasteiger partial charge in [-0.15, -0.1) is 0 Å². The second-order valence-corrected chi connectivity index (χ2v) is 5.14. The third-order valence-corrected chi connectivity index (χ3v) is 2.90. The van der Waals surface area contributed by atoms with Gasteiger partial charge in [0, 0.05) is 12.7 Å². The molecule has 0 radical (unpaired) electrons. The van der Waals surface area contributed by atoms with Crippen LogP contribution in [0.4, 0.5) is 4.79 Å². The number of carboxylic acid groups (broad SMARTS) is 1. The predicted octanol–water partition coefficient (Wildman–Crippen LogP) is 1.64. The number of amides is 2. The number of hydrogen-bond donors (Lipinski definition) is 2. The van der Waals surface area contributed by atoms with Gasteiger partial charge in [0.1, 0.15) is 6.04 Å². The highest BCUT2D eigenvalue weighted by molar-refractivity contribution is 5.82. The molecule has 0 aromatic carbocycles. The van der Waals surface area contributed by atoms with Gasteiger partial charge < -0.3 is 15.3 Å². The molecule has 1 rings (SSSR count). The fourth-order valence-corrected chi connectivity index (χ4v) is 1.76. The van der Waals surface area contributed by atoms with E-state index in [1.54, 1.807) is 20.9 Å². The Morgan fingerprint density at radius 1 is 1.40 bits per heavy atom. The first-order valence-electron chi connectivity index (χ1n) is 6.48. The Morgan fingerprint density at radius 3 is 2.55 bits per heavy atom. The van der Waals surface area contributed by atoms with E-state index < -0.39 is 18.0 Å². The third-order valence-electron chi connectivity index (χ3n) is 2.90. The number of rotatable bonds is 5. The molecule has 6 heteroatoms. The number of carboxylic acids is 1. The molecule has 1 atom stereocenters. The molecule has 0 aliphatic heterocycles. The fourth-order valence-electron chi connectivity index (χ4n) is 1.76. The molecule has 0 fully saturated rings. The molecular weight excluding hydrogens is 258 g/mol. The molecule has 2 amide bonds. The minimum absolute atomic E-state index is 0.179. The van der Waals surface area contributed by atoms with Crippen molar-refractivity contribution in [3.05, 3.63) is 29.6 Å². The fraction of sp³-hybridized carbons (Fsp3) is 0.500. The summed E-state index contributed by atoms with van der Waals surface area (Å²) in [5.41, 5.74) is 1.64. The first-order chi connectivity index (χ1) is 9.31. The lowest BCUT2D eigenvalue weighted by Gasteiger charge is -2.23. The Morgan fingerprint density at radius 2 is 2.05 bits per heavy atom. The van der Waals surface area contributed by atoms with Crippen molar-refractivity contribution in [3.8, 4) is 0 Å². The predicted molar refractivity (Wildman–Crippen MR) is 75.2 cm³/mol. The average Bonchev–Trinajstić information content (AvgIpc) is 2.34. The van der Waals surface area contributed by atoms with Crippen LogP contribution in [-0.2, 0) is 11.3 Å². The summed E-state index contributed by atoms with van der Waals surface area (Å²) in [7, 11) is 1.61. The molecule has 1 aromatic heterocycles. The van der Waals surface area contributed by atoms with Crippen molar-refractivity contribution in [1.82, 2.24) is 15.2 Å². The number of hydrogen-bond acceptors (Lipinski definition) is 3. The lowest BCUT2D eigenvalue weighted by molar-refractivity contribution is -0.140. The van der Waals surface area contributed by atoms with Crippen LogP contribution in [0.3, 0.4) is 0 Å². The Labute approximate surface area is 118 Å². The Hall–Kier alpha value is -2.11. The van der Waals surface area contributed by atoms with Gasteiger partial charge in [-0.2, -0.15) is 0 Å². The van der Waals surface area contributed by atoms with Crippen LogP contribution in [0.15, 0.2) is 18.2 Å². The Kier molecular flexibility index (Phi) is 5.49. The lowest BCUT2D eigenvalue weighted by Crippen LogP contribution is -2.48. The number of aromatic nitrogens is 1. The normalized spacial score (nSPS) is 12.1. The summed E-state index contributed by atoms with van der Waals surface area (Å²) in [4.78, 5) is 28.8. The van der Waals surface area contributed by atoms with E-state index in [0.717, 1.165) is 11.4 Å². The summed E-state index contributed by atoms with van der Waals surface area (Å²) in [6.45, 7) is 5.71. The largest absolute Gasteiger partial charge is 0.480 e. The Bertz CT molecular complexity index is 488. The van der Waals surface area contributed by atoms with Gasteiger partial charge >= 0.3 is 12.0 Å². The summed E-state index contributed by atoms with van der Waals surface area (Å²) in [5, 5.41) is 11.6. The number of urea groups is 1. The van der Waals surface area contributed by atoms with Crippen LogP contribution in [0.2, 0.25) is 0 Å². The highest BCUT2D eigenvalue weighted by Gasteiger charge is 2.24. The van der Waals surface area contributed by atoms with Gasteiger partial charge in [-0.3, -0.25) is 4.98 Å². The van der Waals surface area contributed by atoms with E-state index in [-0.39, 0.29) is 5.92 Å². The molecule has 0 aliphatic rings. The maximum Gasteiger partial charge on any atom is 0.326 e. The minimum atomic E-state index is -1.03. The molecule has 0 bridgehead atoms. The summed E-state index contributed by atoms with van der Waals surface area (Å²) in [5.74, 6) is -1.21. The third kappa shape index (κ3) is 4.53. The maximum absolute atomic E-state index is 12.0. The number of aryl methyl sites for hydroxylation is 1. The molecule has 1 heterocycles. The number of aliphatic carboxylic acids is 1. The summed E-state index contributed by atoms with van der Waals surface area (Å²) in [6, 6.07) is 4.26. The van der Waals surface area contributed by atoms with Crippen LogP contribution >= 0.6 is 0 Å². The van der Waals surface area contributed by atoms with Crippen molar-refractivity contribution in [3.63, 3.8) is 0 Å². The summed E-state index contributed by atoms with van der Waals surface area (Å²) < 4.78 is 0. The van der Waals surface area contributed by atoms with Gasteiger partial charge in [0.2, 0.25) is 0 Å². The molecule has 2 N–H and O–H groups in total. The number of carbonyl (C=O) groups excluding carboxylic acids is 1. The van der Waals surface area contributed by atoms with E-state index in [0.29, 0.717) is 6.54 Å². The van der Waals surface area contributed by atoms with Crippen molar-refractivity contribution in [2.75, 3.05) is 7.05 Å². The SMILES string of the molecule is Cc1cccc(CN(C)C(=O)N[C@H](C(=O)O)C(C)C)n1. The highest BCUT2D eigenvalue weighted by atomic mass is 16.4. The number of nitrogens with one attached hydrogen (secondary N) is 1. The molecule has 0 saturated carbocycles. The zero-order valence-corrected chi connectivity index (χ0v) is 12.3. The van der Waals surface area contributed by atoms with Gasteiger partial charge in [0.25, 0.3) is 0 Å². The number of carbonyl (C=O) groups is 2. The van der Waals surface area contributed by atoms with Crippen molar-refractivity contribution < 1.29 is 14.7 Å². The maximum atomic E-state index is 12.0. The molecule has 0 unspecified atom stereocenters. The molecule has 110 valence electrons. The zero-order valence-electron chi connectivity index (χ0n) is 12.3. The molecule has 1 aromatic rings. The molecular formula is C14H21N3O3. The van der Waals surface area contributed by atoms with Gasteiger partial charge in [-0.1, -0.05) is 19.9 Å². The second kappa shape index (κ2) is 6.88. The van der Waals surface area contributed by atoms with E-state index in [1.165, 1.54) is 4.90 Å².